The van der Waals surface area contributed by atoms with Gasteiger partial charge in [0.25, 0.3) is 5.89 Å². The van der Waals surface area contributed by atoms with Gasteiger partial charge in [0.15, 0.2) is 0 Å². The standard InChI is InChI=1S/C21H20N4OS/c22-15-17(21-23-20(24-26-21)19-6-5-13-27-19)14-16-7-9-18(10-8-16)25-11-3-1-2-4-12-25/h5-10,13-14H,1-4,11-12H2/b17-14+. The number of thiophene rings is 1. The summed E-state index contributed by atoms with van der Waals surface area (Å²) in [5.74, 6) is 0.759. The number of anilines is 1. The monoisotopic (exact) mass is 376 g/mol. The number of aromatic nitrogens is 2. The molecular formula is C21H20N4OS. The van der Waals surface area contributed by atoms with Crippen LogP contribution < -0.4 is 4.90 Å². The summed E-state index contributed by atoms with van der Waals surface area (Å²) in [6, 6.07) is 14.3. The molecule has 0 N–H and O–H groups in total. The molecule has 3 heterocycles. The molecule has 6 heteroatoms. The number of benzene rings is 1. The molecule has 27 heavy (non-hydrogen) atoms. The maximum Gasteiger partial charge on any atom is 0.268 e. The Bertz CT molecular complexity index is 943. The zero-order valence-corrected chi connectivity index (χ0v) is 15.8. The van der Waals surface area contributed by atoms with Gasteiger partial charge in [0, 0.05) is 18.8 Å². The van der Waals surface area contributed by atoms with Crippen molar-refractivity contribution in [2.75, 3.05) is 18.0 Å². The summed E-state index contributed by atoms with van der Waals surface area (Å²) in [6.07, 6.45) is 6.94. The Kier molecular flexibility index (Phi) is 5.31. The fraction of sp³-hybridized carbons (Fsp3) is 0.286. The molecule has 1 aromatic carbocycles. The lowest BCUT2D eigenvalue weighted by Crippen LogP contribution is -2.23. The molecule has 2 aromatic heterocycles. The van der Waals surface area contributed by atoms with E-state index in [0.29, 0.717) is 11.4 Å². The van der Waals surface area contributed by atoms with Gasteiger partial charge in [-0.2, -0.15) is 10.2 Å². The van der Waals surface area contributed by atoms with E-state index in [1.54, 1.807) is 6.08 Å². The van der Waals surface area contributed by atoms with Crippen LogP contribution >= 0.6 is 11.3 Å². The average Bonchev–Trinajstić information content (AvgIpc) is 3.33. The number of allylic oxidation sites excluding steroid dienone is 1. The summed E-state index contributed by atoms with van der Waals surface area (Å²) in [5, 5.41) is 15.5. The zero-order chi connectivity index (χ0) is 18.5. The first kappa shape index (κ1) is 17.5. The van der Waals surface area contributed by atoms with Crippen LogP contribution in [0.5, 0.6) is 0 Å². The molecule has 1 saturated heterocycles. The molecule has 0 saturated carbocycles. The third kappa shape index (κ3) is 4.09. The first-order chi connectivity index (χ1) is 13.3. The number of hydrogen-bond donors (Lipinski definition) is 0. The molecule has 0 bridgehead atoms. The zero-order valence-electron chi connectivity index (χ0n) is 15.0. The number of nitriles is 1. The van der Waals surface area contributed by atoms with Gasteiger partial charge in [-0.15, -0.1) is 11.3 Å². The Balaban J connectivity index is 1.53. The molecule has 0 atom stereocenters. The Morgan fingerprint density at radius 2 is 1.89 bits per heavy atom. The van der Waals surface area contributed by atoms with E-state index in [1.165, 1.54) is 42.7 Å². The Labute approximate surface area is 162 Å². The SMILES string of the molecule is N#C/C(=C\c1ccc(N2CCCCCC2)cc1)c1nc(-c2cccs2)no1. The van der Waals surface area contributed by atoms with Gasteiger partial charge in [0.05, 0.1) is 4.88 Å². The third-order valence-corrected chi connectivity index (χ3v) is 5.56. The van der Waals surface area contributed by atoms with E-state index < -0.39 is 0 Å². The van der Waals surface area contributed by atoms with Gasteiger partial charge in [0.1, 0.15) is 11.6 Å². The second-order valence-corrected chi connectivity index (χ2v) is 7.51. The van der Waals surface area contributed by atoms with E-state index in [1.807, 2.05) is 29.6 Å². The molecule has 0 unspecified atom stereocenters. The van der Waals surface area contributed by atoms with Crippen LogP contribution in [0, 0.1) is 11.3 Å². The molecular weight excluding hydrogens is 356 g/mol. The van der Waals surface area contributed by atoms with Gasteiger partial charge in [-0.05, 0) is 48.1 Å². The fourth-order valence-electron chi connectivity index (χ4n) is 3.26. The van der Waals surface area contributed by atoms with Crippen molar-refractivity contribution in [3.05, 3.63) is 53.2 Å². The molecule has 1 fully saturated rings. The van der Waals surface area contributed by atoms with Crippen LogP contribution in [0.2, 0.25) is 0 Å². The first-order valence-electron chi connectivity index (χ1n) is 9.18. The van der Waals surface area contributed by atoms with Crippen molar-refractivity contribution in [3.8, 4) is 16.8 Å². The van der Waals surface area contributed by atoms with Crippen molar-refractivity contribution in [3.63, 3.8) is 0 Å². The summed E-state index contributed by atoms with van der Waals surface area (Å²) >= 11 is 1.54. The van der Waals surface area contributed by atoms with Crippen LogP contribution in [-0.2, 0) is 0 Å². The highest BCUT2D eigenvalue weighted by molar-refractivity contribution is 7.13. The van der Waals surface area contributed by atoms with Crippen LogP contribution in [0.25, 0.3) is 22.4 Å². The molecule has 0 amide bonds. The van der Waals surface area contributed by atoms with Crippen molar-refractivity contribution in [1.82, 2.24) is 10.1 Å². The lowest BCUT2D eigenvalue weighted by Gasteiger charge is -2.22. The van der Waals surface area contributed by atoms with Crippen molar-refractivity contribution in [1.29, 1.82) is 5.26 Å². The quantitative estimate of drug-likeness (QED) is 0.582. The maximum absolute atomic E-state index is 9.52. The Hall–Kier alpha value is -2.91. The molecule has 5 nitrogen and oxygen atoms in total. The normalized spacial score (nSPS) is 15.4. The van der Waals surface area contributed by atoms with E-state index >= 15 is 0 Å². The summed E-state index contributed by atoms with van der Waals surface area (Å²) in [5.41, 5.74) is 2.55. The highest BCUT2D eigenvalue weighted by Crippen LogP contribution is 2.25. The van der Waals surface area contributed by atoms with Crippen molar-refractivity contribution >= 4 is 28.7 Å². The summed E-state index contributed by atoms with van der Waals surface area (Å²) < 4.78 is 5.29. The minimum atomic E-state index is 0.248. The van der Waals surface area contributed by atoms with E-state index in [0.717, 1.165) is 23.5 Å². The molecule has 0 spiro atoms. The molecule has 136 valence electrons. The van der Waals surface area contributed by atoms with Gasteiger partial charge < -0.3 is 9.42 Å². The lowest BCUT2D eigenvalue weighted by atomic mass is 10.1. The molecule has 1 aliphatic heterocycles. The summed E-state index contributed by atoms with van der Waals surface area (Å²) in [6.45, 7) is 2.23. The fourth-order valence-corrected chi connectivity index (χ4v) is 3.91. The van der Waals surface area contributed by atoms with Crippen molar-refractivity contribution < 1.29 is 4.52 Å². The summed E-state index contributed by atoms with van der Waals surface area (Å²) in [7, 11) is 0. The molecule has 3 aromatic rings. The third-order valence-electron chi connectivity index (χ3n) is 4.69. The average molecular weight is 376 g/mol. The van der Waals surface area contributed by atoms with Crippen LogP contribution in [0.15, 0.2) is 46.3 Å². The first-order valence-corrected chi connectivity index (χ1v) is 10.1. The Morgan fingerprint density at radius 1 is 1.11 bits per heavy atom. The van der Waals surface area contributed by atoms with E-state index in [9.17, 15) is 5.26 Å². The van der Waals surface area contributed by atoms with Crippen molar-refractivity contribution in [2.45, 2.75) is 25.7 Å². The van der Waals surface area contributed by atoms with Crippen LogP contribution in [0.3, 0.4) is 0 Å². The second kappa shape index (κ2) is 8.19. The van der Waals surface area contributed by atoms with Crippen LogP contribution in [0.4, 0.5) is 5.69 Å². The molecule has 0 radical (unpaired) electrons. The maximum atomic E-state index is 9.52. The molecule has 0 aliphatic carbocycles. The predicted molar refractivity (Wildman–Crippen MR) is 108 cm³/mol. The summed E-state index contributed by atoms with van der Waals surface area (Å²) in [4.78, 5) is 7.72. The minimum absolute atomic E-state index is 0.248. The lowest BCUT2D eigenvalue weighted by molar-refractivity contribution is 0.409. The van der Waals surface area contributed by atoms with Gasteiger partial charge in [0.2, 0.25) is 5.82 Å². The van der Waals surface area contributed by atoms with Gasteiger partial charge in [-0.25, -0.2) is 0 Å². The largest absolute Gasteiger partial charge is 0.372 e. The van der Waals surface area contributed by atoms with Crippen LogP contribution in [-0.4, -0.2) is 23.2 Å². The smallest absolute Gasteiger partial charge is 0.268 e. The number of rotatable bonds is 4. The van der Waals surface area contributed by atoms with E-state index in [2.05, 4.69) is 33.2 Å². The van der Waals surface area contributed by atoms with Gasteiger partial charge >= 0.3 is 0 Å². The highest BCUT2D eigenvalue weighted by Gasteiger charge is 2.14. The van der Waals surface area contributed by atoms with Crippen molar-refractivity contribution in [2.24, 2.45) is 0 Å². The number of nitrogens with zero attached hydrogens (tertiary/aromatic N) is 4. The van der Waals surface area contributed by atoms with Gasteiger partial charge in [-0.1, -0.05) is 36.2 Å². The molecule has 1 aliphatic rings. The van der Waals surface area contributed by atoms with E-state index in [4.69, 9.17) is 4.52 Å². The molecule has 4 rings (SSSR count). The minimum Gasteiger partial charge on any atom is -0.372 e. The highest BCUT2D eigenvalue weighted by atomic mass is 32.1. The number of hydrogen-bond acceptors (Lipinski definition) is 6. The predicted octanol–water partition coefficient (Wildman–Crippen LogP) is 5.24. The van der Waals surface area contributed by atoms with Gasteiger partial charge in [-0.3, -0.25) is 0 Å². The topological polar surface area (TPSA) is 66.0 Å². The van der Waals surface area contributed by atoms with Crippen LogP contribution in [0.1, 0.15) is 37.1 Å². The van der Waals surface area contributed by atoms with E-state index in [-0.39, 0.29) is 5.89 Å². The Morgan fingerprint density at radius 3 is 2.56 bits per heavy atom. The second-order valence-electron chi connectivity index (χ2n) is 6.56.